The maximum Gasteiger partial charge on any atom is 0.252 e. The van der Waals surface area contributed by atoms with Gasteiger partial charge in [0.25, 0.3) is 5.91 Å². The number of aromatic nitrogens is 2. The maximum absolute atomic E-state index is 12.5. The molecule has 1 aromatic heterocycles. The average molecular weight is 383 g/mol. The van der Waals surface area contributed by atoms with Crippen LogP contribution in [0.4, 0.5) is 0 Å². The Bertz CT molecular complexity index is 953. The smallest absolute Gasteiger partial charge is 0.252 e. The molecule has 1 amide bonds. The van der Waals surface area contributed by atoms with Crippen molar-refractivity contribution in [1.82, 2.24) is 15.5 Å². The molecule has 0 saturated carbocycles. The number of benzene rings is 2. The number of carbonyl (C=O) groups is 1. The summed E-state index contributed by atoms with van der Waals surface area (Å²) in [6.45, 7) is 1.77. The Balaban J connectivity index is 1.71. The Morgan fingerprint density at radius 2 is 1.71 bits per heavy atom. The lowest BCUT2D eigenvalue weighted by atomic mass is 10.1. The molecule has 0 unspecified atom stereocenters. The number of hydrogen-bond acceptors (Lipinski definition) is 7. The topological polar surface area (TPSA) is 95.7 Å². The van der Waals surface area contributed by atoms with E-state index in [1.54, 1.807) is 32.2 Å². The molecule has 8 nitrogen and oxygen atoms in total. The van der Waals surface area contributed by atoms with E-state index in [0.717, 1.165) is 11.3 Å². The zero-order valence-corrected chi connectivity index (χ0v) is 16.1. The lowest BCUT2D eigenvalue weighted by Gasteiger charge is -2.12. The molecule has 0 aliphatic heterocycles. The Morgan fingerprint density at radius 1 is 1.00 bits per heavy atom. The monoisotopic (exact) mass is 383 g/mol. The number of nitrogens with one attached hydrogen (secondary N) is 1. The van der Waals surface area contributed by atoms with Gasteiger partial charge in [-0.15, -0.1) is 0 Å². The molecule has 0 radical (unpaired) electrons. The van der Waals surface area contributed by atoms with Gasteiger partial charge in [0.1, 0.15) is 11.8 Å². The van der Waals surface area contributed by atoms with Gasteiger partial charge < -0.3 is 24.1 Å². The molecule has 0 fully saturated rings. The highest BCUT2D eigenvalue weighted by atomic mass is 16.5. The number of nitrogens with zero attached hydrogens (tertiary/aromatic N) is 2. The van der Waals surface area contributed by atoms with Gasteiger partial charge in [-0.05, 0) is 49.4 Å². The highest BCUT2D eigenvalue weighted by Gasteiger charge is 2.19. The molecule has 0 spiro atoms. The van der Waals surface area contributed by atoms with E-state index in [0.29, 0.717) is 28.8 Å². The summed E-state index contributed by atoms with van der Waals surface area (Å²) in [7, 11) is 4.65. The number of carbonyl (C=O) groups excluding carboxylic acids is 1. The van der Waals surface area contributed by atoms with Gasteiger partial charge in [-0.25, -0.2) is 0 Å². The second kappa shape index (κ2) is 8.43. The number of methoxy groups -OCH3 is 3. The zero-order chi connectivity index (χ0) is 20.1. The van der Waals surface area contributed by atoms with Crippen molar-refractivity contribution in [3.63, 3.8) is 0 Å². The molecular formula is C20H21N3O5. The molecule has 0 aliphatic carbocycles. The summed E-state index contributed by atoms with van der Waals surface area (Å²) in [4.78, 5) is 16.9. The van der Waals surface area contributed by atoms with Gasteiger partial charge >= 0.3 is 0 Å². The van der Waals surface area contributed by atoms with Crippen LogP contribution in [0.3, 0.4) is 0 Å². The number of hydrogen-bond donors (Lipinski definition) is 1. The first kappa shape index (κ1) is 19.2. The van der Waals surface area contributed by atoms with Crippen LogP contribution in [0.1, 0.15) is 29.2 Å². The summed E-state index contributed by atoms with van der Waals surface area (Å²) < 4.78 is 20.9. The van der Waals surface area contributed by atoms with Gasteiger partial charge in [-0.3, -0.25) is 4.79 Å². The fraction of sp³-hybridized carbons (Fsp3) is 0.250. The zero-order valence-electron chi connectivity index (χ0n) is 16.1. The normalized spacial score (nSPS) is 11.6. The van der Waals surface area contributed by atoms with Gasteiger partial charge in [0, 0.05) is 11.1 Å². The molecule has 3 rings (SSSR count). The Kier molecular flexibility index (Phi) is 5.78. The van der Waals surface area contributed by atoms with Crippen molar-refractivity contribution in [2.75, 3.05) is 21.3 Å². The van der Waals surface area contributed by atoms with Crippen molar-refractivity contribution in [1.29, 1.82) is 0 Å². The summed E-state index contributed by atoms with van der Waals surface area (Å²) in [6.07, 6.45) is 0. The van der Waals surface area contributed by atoms with Crippen molar-refractivity contribution in [2.45, 2.75) is 13.0 Å². The molecule has 1 atom stereocenters. The van der Waals surface area contributed by atoms with Crippen LogP contribution in [0.15, 0.2) is 47.0 Å². The Labute approximate surface area is 162 Å². The number of ether oxygens (including phenoxy) is 3. The lowest BCUT2D eigenvalue weighted by Crippen LogP contribution is -2.26. The lowest BCUT2D eigenvalue weighted by molar-refractivity contribution is 0.0932. The quantitative estimate of drug-likeness (QED) is 0.669. The van der Waals surface area contributed by atoms with Crippen LogP contribution < -0.4 is 19.5 Å². The van der Waals surface area contributed by atoms with Crippen molar-refractivity contribution in [3.8, 4) is 28.6 Å². The van der Waals surface area contributed by atoms with Crippen molar-refractivity contribution < 1.29 is 23.5 Å². The SMILES string of the molecule is COc1ccc(-c2noc([C@@H](C)NC(=O)c3ccc(OC)c(OC)c3)n2)cc1. The molecule has 28 heavy (non-hydrogen) atoms. The molecule has 8 heteroatoms. The molecule has 146 valence electrons. The summed E-state index contributed by atoms with van der Waals surface area (Å²) in [5.41, 5.74) is 1.22. The van der Waals surface area contributed by atoms with Gasteiger partial charge in [-0.2, -0.15) is 4.98 Å². The van der Waals surface area contributed by atoms with Crippen LogP contribution in [0.25, 0.3) is 11.4 Å². The van der Waals surface area contributed by atoms with Crippen LogP contribution in [0, 0.1) is 0 Å². The molecule has 2 aromatic carbocycles. The first-order chi connectivity index (χ1) is 13.5. The minimum atomic E-state index is -0.472. The van der Waals surface area contributed by atoms with E-state index in [1.165, 1.54) is 14.2 Å². The fourth-order valence-electron chi connectivity index (χ4n) is 2.59. The minimum Gasteiger partial charge on any atom is -0.497 e. The molecule has 3 aromatic rings. The van der Waals surface area contributed by atoms with E-state index < -0.39 is 6.04 Å². The molecule has 0 bridgehead atoms. The molecular weight excluding hydrogens is 362 g/mol. The largest absolute Gasteiger partial charge is 0.497 e. The van der Waals surface area contributed by atoms with Crippen molar-refractivity contribution >= 4 is 5.91 Å². The van der Waals surface area contributed by atoms with Gasteiger partial charge in [0.2, 0.25) is 11.7 Å². The number of amides is 1. The predicted octanol–water partition coefficient (Wildman–Crippen LogP) is 3.25. The summed E-state index contributed by atoms with van der Waals surface area (Å²) in [5.74, 6) is 2.21. The first-order valence-electron chi connectivity index (χ1n) is 8.56. The van der Waals surface area contributed by atoms with E-state index in [9.17, 15) is 4.79 Å². The Morgan fingerprint density at radius 3 is 2.36 bits per heavy atom. The number of rotatable bonds is 7. The van der Waals surface area contributed by atoms with E-state index in [1.807, 2.05) is 24.3 Å². The Hall–Kier alpha value is -3.55. The molecule has 0 saturated heterocycles. The first-order valence-corrected chi connectivity index (χ1v) is 8.56. The molecule has 0 aliphatic rings. The third kappa shape index (κ3) is 4.06. The molecule has 1 N–H and O–H groups in total. The maximum atomic E-state index is 12.5. The highest BCUT2D eigenvalue weighted by Crippen LogP contribution is 2.28. The van der Waals surface area contributed by atoms with Crippen molar-refractivity contribution in [2.24, 2.45) is 0 Å². The van der Waals surface area contributed by atoms with Crippen molar-refractivity contribution in [3.05, 3.63) is 53.9 Å². The standard InChI is InChI=1S/C20H21N3O5/c1-12(21-19(24)14-7-10-16(26-3)17(11-14)27-4)20-22-18(23-28-20)13-5-8-15(25-2)9-6-13/h5-12H,1-4H3,(H,21,24)/t12-/m1/s1. The van der Waals surface area contributed by atoms with Crippen LogP contribution in [0.2, 0.25) is 0 Å². The molecule has 1 heterocycles. The van der Waals surface area contributed by atoms with E-state index in [-0.39, 0.29) is 5.91 Å². The minimum absolute atomic E-state index is 0.294. The third-order valence-corrected chi connectivity index (χ3v) is 4.15. The van der Waals surface area contributed by atoms with E-state index in [4.69, 9.17) is 18.7 Å². The van der Waals surface area contributed by atoms with Crippen LogP contribution in [-0.4, -0.2) is 37.4 Å². The summed E-state index contributed by atoms with van der Waals surface area (Å²) in [6, 6.07) is 11.8. The second-order valence-electron chi connectivity index (χ2n) is 5.95. The van der Waals surface area contributed by atoms with Gasteiger partial charge in [0.15, 0.2) is 11.5 Å². The van der Waals surface area contributed by atoms with Crippen LogP contribution in [-0.2, 0) is 0 Å². The summed E-state index contributed by atoms with van der Waals surface area (Å²) in [5, 5.41) is 6.81. The highest BCUT2D eigenvalue weighted by molar-refractivity contribution is 5.95. The van der Waals surface area contributed by atoms with Crippen LogP contribution in [0.5, 0.6) is 17.2 Å². The summed E-state index contributed by atoms with van der Waals surface area (Å²) >= 11 is 0. The predicted molar refractivity (Wildman–Crippen MR) is 102 cm³/mol. The van der Waals surface area contributed by atoms with Gasteiger partial charge in [0.05, 0.1) is 21.3 Å². The fourth-order valence-corrected chi connectivity index (χ4v) is 2.59. The van der Waals surface area contributed by atoms with Crippen LogP contribution >= 0.6 is 0 Å². The second-order valence-corrected chi connectivity index (χ2v) is 5.95. The average Bonchev–Trinajstić information content (AvgIpc) is 3.23. The van der Waals surface area contributed by atoms with E-state index in [2.05, 4.69) is 15.5 Å². The third-order valence-electron chi connectivity index (χ3n) is 4.15. The van der Waals surface area contributed by atoms with E-state index >= 15 is 0 Å². The van der Waals surface area contributed by atoms with Gasteiger partial charge in [-0.1, -0.05) is 5.16 Å².